The van der Waals surface area contributed by atoms with E-state index in [4.69, 9.17) is 5.73 Å². The van der Waals surface area contributed by atoms with Crippen molar-refractivity contribution in [3.63, 3.8) is 0 Å². The van der Waals surface area contributed by atoms with Gasteiger partial charge in [0.25, 0.3) is 0 Å². The lowest BCUT2D eigenvalue weighted by Crippen LogP contribution is -2.00. The zero-order valence-corrected chi connectivity index (χ0v) is 8.01. The number of anilines is 1. The standard InChI is InChI=1S/C10H12N4/c1-8-2-3-9(4-12-8)6-14-7-10(11)5-13-14/h2-5,7H,6,11H2,1H3. The molecule has 4 heteroatoms. The highest BCUT2D eigenvalue weighted by molar-refractivity contribution is 5.30. The van der Waals surface area contributed by atoms with Crippen molar-refractivity contribution >= 4 is 5.69 Å². The molecule has 0 amide bonds. The van der Waals surface area contributed by atoms with Crippen LogP contribution in [0.5, 0.6) is 0 Å². The summed E-state index contributed by atoms with van der Waals surface area (Å²) in [5, 5.41) is 4.10. The molecule has 0 aliphatic rings. The Hall–Kier alpha value is -1.84. The van der Waals surface area contributed by atoms with Gasteiger partial charge < -0.3 is 5.73 Å². The van der Waals surface area contributed by atoms with Crippen molar-refractivity contribution in [2.45, 2.75) is 13.5 Å². The highest BCUT2D eigenvalue weighted by Gasteiger charge is 1.97. The first-order valence-corrected chi connectivity index (χ1v) is 4.43. The molecule has 2 heterocycles. The van der Waals surface area contributed by atoms with Gasteiger partial charge in [0.1, 0.15) is 0 Å². The van der Waals surface area contributed by atoms with Crippen LogP contribution >= 0.6 is 0 Å². The summed E-state index contributed by atoms with van der Waals surface area (Å²) in [6, 6.07) is 4.03. The van der Waals surface area contributed by atoms with Gasteiger partial charge in [-0.2, -0.15) is 5.10 Å². The summed E-state index contributed by atoms with van der Waals surface area (Å²) in [6.45, 7) is 2.68. The molecule has 0 spiro atoms. The summed E-state index contributed by atoms with van der Waals surface area (Å²) < 4.78 is 1.79. The van der Waals surface area contributed by atoms with Crippen LogP contribution in [0.4, 0.5) is 5.69 Å². The molecule has 0 aromatic carbocycles. The fraction of sp³-hybridized carbons (Fsp3) is 0.200. The van der Waals surface area contributed by atoms with Gasteiger partial charge >= 0.3 is 0 Å². The predicted octanol–water partition coefficient (Wildman–Crippen LogP) is 1.22. The largest absolute Gasteiger partial charge is 0.396 e. The molecule has 0 bridgehead atoms. The molecule has 4 nitrogen and oxygen atoms in total. The molecule has 2 N–H and O–H groups in total. The van der Waals surface area contributed by atoms with E-state index < -0.39 is 0 Å². The van der Waals surface area contributed by atoms with E-state index in [-0.39, 0.29) is 0 Å². The van der Waals surface area contributed by atoms with Gasteiger partial charge in [-0.1, -0.05) is 6.07 Å². The third-order valence-corrected chi connectivity index (χ3v) is 1.97. The minimum absolute atomic E-state index is 0.685. The highest BCUT2D eigenvalue weighted by atomic mass is 15.3. The van der Waals surface area contributed by atoms with E-state index in [0.29, 0.717) is 12.2 Å². The predicted molar refractivity (Wildman–Crippen MR) is 54.7 cm³/mol. The Kier molecular flexibility index (Phi) is 2.18. The first-order chi connectivity index (χ1) is 6.74. The zero-order chi connectivity index (χ0) is 9.97. The number of aromatic nitrogens is 3. The number of nitrogens with two attached hydrogens (primary N) is 1. The third kappa shape index (κ3) is 1.90. The van der Waals surface area contributed by atoms with Crippen LogP contribution in [-0.4, -0.2) is 14.8 Å². The normalized spacial score (nSPS) is 10.4. The van der Waals surface area contributed by atoms with Crippen molar-refractivity contribution in [3.05, 3.63) is 42.0 Å². The molecule has 0 saturated heterocycles. The van der Waals surface area contributed by atoms with Gasteiger partial charge in [0.05, 0.1) is 18.4 Å². The van der Waals surface area contributed by atoms with Gasteiger partial charge in [-0.05, 0) is 18.6 Å². The van der Waals surface area contributed by atoms with Crippen LogP contribution < -0.4 is 5.73 Å². The number of hydrogen-bond donors (Lipinski definition) is 1. The number of nitrogens with zero attached hydrogens (tertiary/aromatic N) is 3. The average Bonchev–Trinajstić information content (AvgIpc) is 2.56. The topological polar surface area (TPSA) is 56.7 Å². The maximum Gasteiger partial charge on any atom is 0.0719 e. The SMILES string of the molecule is Cc1ccc(Cn2cc(N)cn2)cn1. The molecule has 2 aromatic heterocycles. The third-order valence-electron chi connectivity index (χ3n) is 1.97. The second-order valence-corrected chi connectivity index (χ2v) is 3.28. The van der Waals surface area contributed by atoms with E-state index in [0.717, 1.165) is 11.3 Å². The van der Waals surface area contributed by atoms with Crippen molar-refractivity contribution in [3.8, 4) is 0 Å². The Balaban J connectivity index is 2.15. The van der Waals surface area contributed by atoms with Crippen LogP contribution in [0.1, 0.15) is 11.3 Å². The van der Waals surface area contributed by atoms with Gasteiger partial charge in [-0.25, -0.2) is 0 Å². The minimum Gasteiger partial charge on any atom is -0.396 e. The number of aryl methyl sites for hydroxylation is 1. The molecule has 0 fully saturated rings. The first-order valence-electron chi connectivity index (χ1n) is 4.43. The number of hydrogen-bond acceptors (Lipinski definition) is 3. The monoisotopic (exact) mass is 188 g/mol. The highest BCUT2D eigenvalue weighted by Crippen LogP contribution is 2.04. The minimum atomic E-state index is 0.685. The molecule has 0 unspecified atom stereocenters. The van der Waals surface area contributed by atoms with Crippen molar-refractivity contribution in [1.82, 2.24) is 14.8 Å². The van der Waals surface area contributed by atoms with E-state index in [1.807, 2.05) is 25.3 Å². The second-order valence-electron chi connectivity index (χ2n) is 3.28. The Labute approximate surface area is 82.4 Å². The molecule has 2 aromatic rings. The number of nitrogen functional groups attached to an aromatic ring is 1. The molecule has 2 rings (SSSR count). The van der Waals surface area contributed by atoms with E-state index in [1.54, 1.807) is 17.1 Å². The molecular formula is C10H12N4. The van der Waals surface area contributed by atoms with E-state index in [2.05, 4.69) is 10.1 Å². The number of pyridine rings is 1. The molecule has 0 saturated carbocycles. The molecular weight excluding hydrogens is 176 g/mol. The maximum absolute atomic E-state index is 5.56. The lowest BCUT2D eigenvalue weighted by molar-refractivity contribution is 0.684. The zero-order valence-electron chi connectivity index (χ0n) is 8.01. The first kappa shape index (κ1) is 8.74. The lowest BCUT2D eigenvalue weighted by atomic mass is 10.2. The quantitative estimate of drug-likeness (QED) is 0.770. The molecule has 0 atom stereocenters. The van der Waals surface area contributed by atoms with Crippen LogP contribution in [0.2, 0.25) is 0 Å². The van der Waals surface area contributed by atoms with E-state index in [9.17, 15) is 0 Å². The van der Waals surface area contributed by atoms with Crippen LogP contribution in [0.15, 0.2) is 30.7 Å². The maximum atomic E-state index is 5.56. The van der Waals surface area contributed by atoms with E-state index >= 15 is 0 Å². The molecule has 0 aliphatic heterocycles. The van der Waals surface area contributed by atoms with Crippen molar-refractivity contribution in [2.75, 3.05) is 5.73 Å². The average molecular weight is 188 g/mol. The van der Waals surface area contributed by atoms with Gasteiger partial charge in [-0.3, -0.25) is 9.67 Å². The van der Waals surface area contributed by atoms with Gasteiger partial charge in [0, 0.05) is 18.1 Å². The van der Waals surface area contributed by atoms with Gasteiger partial charge in [-0.15, -0.1) is 0 Å². The molecule has 72 valence electrons. The van der Waals surface area contributed by atoms with Gasteiger partial charge in [0.15, 0.2) is 0 Å². The van der Waals surface area contributed by atoms with Crippen LogP contribution in [0, 0.1) is 6.92 Å². The smallest absolute Gasteiger partial charge is 0.0719 e. The lowest BCUT2D eigenvalue weighted by Gasteiger charge is -2.01. The van der Waals surface area contributed by atoms with Crippen LogP contribution in [0.3, 0.4) is 0 Å². The Morgan fingerprint density at radius 1 is 1.36 bits per heavy atom. The van der Waals surface area contributed by atoms with Crippen LogP contribution in [0.25, 0.3) is 0 Å². The van der Waals surface area contributed by atoms with Crippen molar-refractivity contribution in [2.24, 2.45) is 0 Å². The summed E-state index contributed by atoms with van der Waals surface area (Å²) >= 11 is 0. The summed E-state index contributed by atoms with van der Waals surface area (Å²) in [7, 11) is 0. The Morgan fingerprint density at radius 2 is 2.21 bits per heavy atom. The summed E-state index contributed by atoms with van der Waals surface area (Å²) in [6.07, 6.45) is 5.30. The summed E-state index contributed by atoms with van der Waals surface area (Å²) in [5.41, 5.74) is 8.39. The Morgan fingerprint density at radius 3 is 2.79 bits per heavy atom. The van der Waals surface area contributed by atoms with Crippen molar-refractivity contribution < 1.29 is 0 Å². The fourth-order valence-corrected chi connectivity index (χ4v) is 1.25. The van der Waals surface area contributed by atoms with Crippen LogP contribution in [-0.2, 0) is 6.54 Å². The number of rotatable bonds is 2. The second kappa shape index (κ2) is 3.49. The fourth-order valence-electron chi connectivity index (χ4n) is 1.25. The van der Waals surface area contributed by atoms with Crippen molar-refractivity contribution in [1.29, 1.82) is 0 Å². The van der Waals surface area contributed by atoms with E-state index in [1.165, 1.54) is 0 Å². The molecule has 0 aliphatic carbocycles. The summed E-state index contributed by atoms with van der Waals surface area (Å²) in [4.78, 5) is 4.21. The Bertz CT molecular complexity index is 416. The molecule has 0 radical (unpaired) electrons. The summed E-state index contributed by atoms with van der Waals surface area (Å²) in [5.74, 6) is 0. The molecule has 14 heavy (non-hydrogen) atoms. The van der Waals surface area contributed by atoms with Gasteiger partial charge in [0.2, 0.25) is 0 Å².